The number of hydrogen-bond donors (Lipinski definition) is 2. The maximum Gasteiger partial charge on any atom is 0.314 e. The van der Waals surface area contributed by atoms with Gasteiger partial charge >= 0.3 is 6.03 Å². The molecule has 6 heteroatoms. The predicted octanol–water partition coefficient (Wildman–Crippen LogP) is 1.78. The summed E-state index contributed by atoms with van der Waals surface area (Å²) in [7, 11) is 0. The van der Waals surface area contributed by atoms with Gasteiger partial charge in [0.1, 0.15) is 0 Å². The van der Waals surface area contributed by atoms with E-state index in [9.17, 15) is 4.79 Å². The van der Waals surface area contributed by atoms with Crippen LogP contribution in [0.25, 0.3) is 0 Å². The molecule has 5 nitrogen and oxygen atoms in total. The Kier molecular flexibility index (Phi) is 5.15. The molecule has 0 aliphatic carbocycles. The number of aryl methyl sites for hydroxylation is 2. The normalized spacial score (nSPS) is 18.5. The van der Waals surface area contributed by atoms with Gasteiger partial charge in [-0.2, -0.15) is 0 Å². The maximum atomic E-state index is 11.6. The maximum absolute atomic E-state index is 11.6. The van der Waals surface area contributed by atoms with E-state index < -0.39 is 0 Å². The van der Waals surface area contributed by atoms with Gasteiger partial charge in [-0.05, 0) is 26.7 Å². The van der Waals surface area contributed by atoms with Gasteiger partial charge in [0.15, 0.2) is 0 Å². The second kappa shape index (κ2) is 6.86. The third-order valence-corrected chi connectivity index (χ3v) is 4.34. The minimum absolute atomic E-state index is 0.125. The molecule has 1 saturated heterocycles. The first kappa shape index (κ1) is 14.3. The van der Waals surface area contributed by atoms with Gasteiger partial charge in [-0.15, -0.1) is 11.3 Å². The van der Waals surface area contributed by atoms with Crippen molar-refractivity contribution in [2.24, 2.45) is 0 Å². The Labute approximate surface area is 117 Å². The lowest BCUT2D eigenvalue weighted by molar-refractivity contribution is 0.111. The van der Waals surface area contributed by atoms with Crippen LogP contribution in [0.15, 0.2) is 0 Å². The number of aromatic nitrogens is 1. The average molecular weight is 283 g/mol. The molecule has 0 unspecified atom stereocenters. The van der Waals surface area contributed by atoms with Gasteiger partial charge in [-0.25, -0.2) is 9.78 Å². The second-order valence-electron chi connectivity index (χ2n) is 4.77. The highest BCUT2D eigenvalue weighted by Gasteiger charge is 2.15. The van der Waals surface area contributed by atoms with Gasteiger partial charge in [-0.3, -0.25) is 0 Å². The van der Waals surface area contributed by atoms with Crippen LogP contribution >= 0.6 is 11.3 Å². The molecule has 19 heavy (non-hydrogen) atoms. The predicted molar refractivity (Wildman–Crippen MR) is 75.7 cm³/mol. The fourth-order valence-electron chi connectivity index (χ4n) is 2.00. The number of thiazole rings is 1. The van der Waals surface area contributed by atoms with Gasteiger partial charge < -0.3 is 15.4 Å². The van der Waals surface area contributed by atoms with Crippen LogP contribution in [-0.4, -0.2) is 36.8 Å². The minimum atomic E-state index is -0.125. The highest BCUT2D eigenvalue weighted by molar-refractivity contribution is 7.11. The van der Waals surface area contributed by atoms with E-state index in [-0.39, 0.29) is 12.1 Å². The van der Waals surface area contributed by atoms with Gasteiger partial charge in [0.05, 0.1) is 16.8 Å². The summed E-state index contributed by atoms with van der Waals surface area (Å²) in [5, 5.41) is 6.76. The topological polar surface area (TPSA) is 63.2 Å². The van der Waals surface area contributed by atoms with E-state index in [1.807, 2.05) is 6.92 Å². The number of amides is 2. The summed E-state index contributed by atoms with van der Waals surface area (Å²) >= 11 is 1.70. The highest BCUT2D eigenvalue weighted by atomic mass is 32.1. The first-order chi connectivity index (χ1) is 9.15. The zero-order chi connectivity index (χ0) is 13.7. The van der Waals surface area contributed by atoms with Crippen LogP contribution < -0.4 is 10.6 Å². The lowest BCUT2D eigenvalue weighted by Gasteiger charge is -2.11. The SMILES string of the molecule is Cc1nc(CCNC(=O)NC[C@@H]2CCCO2)sc1C. The molecule has 0 radical (unpaired) electrons. The summed E-state index contributed by atoms with van der Waals surface area (Å²) in [5.41, 5.74) is 1.09. The van der Waals surface area contributed by atoms with Crippen molar-refractivity contribution in [3.8, 4) is 0 Å². The Bertz CT molecular complexity index is 408. The van der Waals surface area contributed by atoms with Crippen molar-refractivity contribution in [3.05, 3.63) is 15.6 Å². The Balaban J connectivity index is 1.60. The summed E-state index contributed by atoms with van der Waals surface area (Å²) in [4.78, 5) is 17.3. The zero-order valence-corrected chi connectivity index (χ0v) is 12.3. The van der Waals surface area contributed by atoms with E-state index in [1.165, 1.54) is 4.88 Å². The van der Waals surface area contributed by atoms with Crippen molar-refractivity contribution in [1.29, 1.82) is 0 Å². The highest BCUT2D eigenvalue weighted by Crippen LogP contribution is 2.16. The lowest BCUT2D eigenvalue weighted by atomic mass is 10.2. The summed E-state index contributed by atoms with van der Waals surface area (Å²) in [5.74, 6) is 0. The molecule has 2 heterocycles. The smallest absolute Gasteiger partial charge is 0.314 e. The number of nitrogens with zero attached hydrogens (tertiary/aromatic N) is 1. The molecule has 106 valence electrons. The van der Waals surface area contributed by atoms with Crippen LogP contribution in [0.3, 0.4) is 0 Å². The molecule has 0 spiro atoms. The van der Waals surface area contributed by atoms with E-state index in [2.05, 4.69) is 22.5 Å². The molecule has 0 saturated carbocycles. The van der Waals surface area contributed by atoms with Crippen molar-refractivity contribution in [2.45, 2.75) is 39.2 Å². The van der Waals surface area contributed by atoms with Crippen molar-refractivity contribution in [3.63, 3.8) is 0 Å². The van der Waals surface area contributed by atoms with E-state index in [1.54, 1.807) is 11.3 Å². The Morgan fingerprint density at radius 3 is 2.95 bits per heavy atom. The first-order valence-electron chi connectivity index (χ1n) is 6.71. The van der Waals surface area contributed by atoms with E-state index in [0.717, 1.165) is 36.6 Å². The number of carbonyl (C=O) groups excluding carboxylic acids is 1. The molecule has 2 rings (SSSR count). The summed E-state index contributed by atoms with van der Waals surface area (Å²) in [6.07, 6.45) is 3.11. The molecule has 1 aromatic rings. The number of carbonyl (C=O) groups is 1. The van der Waals surface area contributed by atoms with Crippen molar-refractivity contribution in [2.75, 3.05) is 19.7 Å². The summed E-state index contributed by atoms with van der Waals surface area (Å²) < 4.78 is 5.44. The van der Waals surface area contributed by atoms with Crippen LogP contribution in [0.5, 0.6) is 0 Å². The van der Waals surface area contributed by atoms with E-state index in [0.29, 0.717) is 13.1 Å². The van der Waals surface area contributed by atoms with Crippen LogP contribution in [0.1, 0.15) is 28.4 Å². The Morgan fingerprint density at radius 2 is 2.32 bits per heavy atom. The third-order valence-electron chi connectivity index (χ3n) is 3.21. The molecule has 1 aliphatic heterocycles. The average Bonchev–Trinajstić information content (AvgIpc) is 2.98. The standard InChI is InChI=1S/C13H21N3O2S/c1-9-10(2)19-12(16-9)5-6-14-13(17)15-8-11-4-3-7-18-11/h11H,3-8H2,1-2H3,(H2,14,15,17)/t11-/m0/s1. The molecule has 1 aromatic heterocycles. The van der Waals surface area contributed by atoms with Gasteiger partial charge in [0.25, 0.3) is 0 Å². The monoisotopic (exact) mass is 283 g/mol. The van der Waals surface area contributed by atoms with E-state index >= 15 is 0 Å². The first-order valence-corrected chi connectivity index (χ1v) is 7.53. The van der Waals surface area contributed by atoms with Gasteiger partial charge in [-0.1, -0.05) is 0 Å². The van der Waals surface area contributed by atoms with Crippen LogP contribution in [0.2, 0.25) is 0 Å². The van der Waals surface area contributed by atoms with Crippen molar-refractivity contribution >= 4 is 17.4 Å². The summed E-state index contributed by atoms with van der Waals surface area (Å²) in [6, 6.07) is -0.125. The molecule has 1 aliphatic rings. The zero-order valence-electron chi connectivity index (χ0n) is 11.5. The quantitative estimate of drug-likeness (QED) is 0.866. The molecule has 0 aromatic carbocycles. The number of ether oxygens (including phenoxy) is 1. The molecular formula is C13H21N3O2S. The van der Waals surface area contributed by atoms with Crippen LogP contribution in [0.4, 0.5) is 4.79 Å². The molecule has 1 fully saturated rings. The minimum Gasteiger partial charge on any atom is -0.376 e. The second-order valence-corrected chi connectivity index (χ2v) is 6.06. The Morgan fingerprint density at radius 1 is 1.47 bits per heavy atom. The van der Waals surface area contributed by atoms with Gasteiger partial charge in [0, 0.05) is 31.0 Å². The fourth-order valence-corrected chi connectivity index (χ4v) is 2.94. The molecular weight excluding hydrogens is 262 g/mol. The lowest BCUT2D eigenvalue weighted by Crippen LogP contribution is -2.40. The summed E-state index contributed by atoms with van der Waals surface area (Å²) in [6.45, 7) is 6.11. The van der Waals surface area contributed by atoms with Gasteiger partial charge in [0.2, 0.25) is 0 Å². The number of rotatable bonds is 5. The van der Waals surface area contributed by atoms with Crippen LogP contribution in [0, 0.1) is 13.8 Å². The number of nitrogens with one attached hydrogen (secondary N) is 2. The number of urea groups is 1. The number of hydrogen-bond acceptors (Lipinski definition) is 4. The van der Waals surface area contributed by atoms with Crippen molar-refractivity contribution in [1.82, 2.24) is 15.6 Å². The molecule has 0 bridgehead atoms. The largest absolute Gasteiger partial charge is 0.376 e. The molecule has 1 atom stereocenters. The molecule has 2 N–H and O–H groups in total. The van der Waals surface area contributed by atoms with Crippen LogP contribution in [-0.2, 0) is 11.2 Å². The third kappa shape index (κ3) is 4.47. The van der Waals surface area contributed by atoms with E-state index in [4.69, 9.17) is 4.74 Å². The molecule has 2 amide bonds. The Hall–Kier alpha value is -1.14. The van der Waals surface area contributed by atoms with Crippen molar-refractivity contribution < 1.29 is 9.53 Å². The fraction of sp³-hybridized carbons (Fsp3) is 0.692.